The van der Waals surface area contributed by atoms with Crippen molar-refractivity contribution in [2.24, 2.45) is 0 Å². The van der Waals surface area contributed by atoms with Crippen molar-refractivity contribution in [1.29, 1.82) is 0 Å². The summed E-state index contributed by atoms with van der Waals surface area (Å²) in [5.41, 5.74) is 0.886. The van der Waals surface area contributed by atoms with Gasteiger partial charge in [0.1, 0.15) is 17.3 Å². The number of benzene rings is 1. The van der Waals surface area contributed by atoms with E-state index in [1.165, 1.54) is 18.6 Å². The van der Waals surface area contributed by atoms with Gasteiger partial charge in [0.25, 0.3) is 0 Å². The molecule has 1 aromatic heterocycles. The van der Waals surface area contributed by atoms with Crippen molar-refractivity contribution >= 4 is 12.4 Å². The molecule has 23 heavy (non-hydrogen) atoms. The normalized spacial score (nSPS) is 10.5. The quantitative estimate of drug-likeness (QED) is 0.630. The summed E-state index contributed by atoms with van der Waals surface area (Å²) in [6.07, 6.45) is 3.30. The lowest BCUT2D eigenvalue weighted by Crippen LogP contribution is -2.16. The Hall–Kier alpha value is -1.36. The van der Waals surface area contributed by atoms with Crippen molar-refractivity contribution in [1.82, 2.24) is 5.32 Å². The molecule has 0 atom stereocenters. The van der Waals surface area contributed by atoms with Gasteiger partial charge in [-0.1, -0.05) is 13.3 Å². The van der Waals surface area contributed by atoms with Gasteiger partial charge in [-0.25, -0.2) is 4.39 Å². The van der Waals surface area contributed by atoms with Crippen LogP contribution in [0.25, 0.3) is 11.3 Å². The van der Waals surface area contributed by atoms with Crippen LogP contribution in [0.2, 0.25) is 0 Å². The molecular formula is C18H25ClFNO2. The van der Waals surface area contributed by atoms with Crippen LogP contribution in [0.3, 0.4) is 0 Å². The zero-order valence-corrected chi connectivity index (χ0v) is 14.3. The summed E-state index contributed by atoms with van der Waals surface area (Å²) in [7, 11) is 0. The molecule has 0 radical (unpaired) electrons. The van der Waals surface area contributed by atoms with Crippen LogP contribution in [0.5, 0.6) is 0 Å². The molecule has 1 aromatic carbocycles. The van der Waals surface area contributed by atoms with Crippen molar-refractivity contribution in [3.05, 3.63) is 48.0 Å². The number of nitrogens with one attached hydrogen (secondary N) is 1. The fourth-order valence-corrected chi connectivity index (χ4v) is 2.10. The number of furan rings is 1. The summed E-state index contributed by atoms with van der Waals surface area (Å²) in [6, 6.07) is 10.2. The summed E-state index contributed by atoms with van der Waals surface area (Å²) in [5, 5.41) is 3.33. The standard InChI is InChI=1S/C18H24FNO2.ClH/c1-2-3-12-21-13-4-11-20-14-17-9-10-18(22-17)15-5-7-16(19)8-6-15;/h5-10,20H,2-4,11-14H2,1H3;1H. The van der Waals surface area contributed by atoms with Crippen LogP contribution in [0, 0.1) is 5.82 Å². The van der Waals surface area contributed by atoms with Crippen LogP contribution in [0.15, 0.2) is 40.8 Å². The number of hydrogen-bond acceptors (Lipinski definition) is 3. The third-order valence-corrected chi connectivity index (χ3v) is 3.37. The first-order valence-corrected chi connectivity index (χ1v) is 7.92. The molecule has 0 unspecified atom stereocenters. The molecule has 0 bridgehead atoms. The van der Waals surface area contributed by atoms with Crippen molar-refractivity contribution in [3.63, 3.8) is 0 Å². The van der Waals surface area contributed by atoms with Crippen LogP contribution in [0.4, 0.5) is 4.39 Å². The number of ether oxygens (including phenoxy) is 1. The summed E-state index contributed by atoms with van der Waals surface area (Å²) in [6.45, 7) is 5.41. The molecule has 0 saturated heterocycles. The molecule has 3 nitrogen and oxygen atoms in total. The van der Waals surface area contributed by atoms with Crippen LogP contribution in [-0.2, 0) is 11.3 Å². The van der Waals surface area contributed by atoms with E-state index in [1.807, 2.05) is 12.1 Å². The fourth-order valence-electron chi connectivity index (χ4n) is 2.10. The van der Waals surface area contributed by atoms with Gasteiger partial charge in [0, 0.05) is 18.8 Å². The molecule has 0 saturated carbocycles. The van der Waals surface area contributed by atoms with Gasteiger partial charge < -0.3 is 14.5 Å². The van der Waals surface area contributed by atoms with Crippen LogP contribution < -0.4 is 5.32 Å². The van der Waals surface area contributed by atoms with E-state index in [4.69, 9.17) is 9.15 Å². The number of unbranched alkanes of at least 4 members (excludes halogenated alkanes) is 1. The highest BCUT2D eigenvalue weighted by Gasteiger charge is 2.04. The predicted molar refractivity (Wildman–Crippen MR) is 93.4 cm³/mol. The minimum atomic E-state index is -0.238. The third kappa shape index (κ3) is 7.16. The van der Waals surface area contributed by atoms with E-state index in [-0.39, 0.29) is 18.2 Å². The number of hydrogen-bond donors (Lipinski definition) is 1. The molecule has 128 valence electrons. The smallest absolute Gasteiger partial charge is 0.134 e. The van der Waals surface area contributed by atoms with Gasteiger partial charge in [-0.05, 0) is 55.8 Å². The third-order valence-electron chi connectivity index (χ3n) is 3.37. The van der Waals surface area contributed by atoms with E-state index in [1.54, 1.807) is 12.1 Å². The molecule has 2 rings (SSSR count). The van der Waals surface area contributed by atoms with Crippen molar-refractivity contribution in [2.75, 3.05) is 19.8 Å². The maximum atomic E-state index is 12.9. The lowest BCUT2D eigenvalue weighted by Gasteiger charge is -2.04. The molecule has 0 fully saturated rings. The Balaban J connectivity index is 0.00000264. The Kier molecular flexibility index (Phi) is 9.60. The summed E-state index contributed by atoms with van der Waals surface area (Å²) >= 11 is 0. The van der Waals surface area contributed by atoms with E-state index in [9.17, 15) is 4.39 Å². The van der Waals surface area contributed by atoms with Crippen LogP contribution in [0.1, 0.15) is 31.9 Å². The van der Waals surface area contributed by atoms with Crippen molar-refractivity contribution in [3.8, 4) is 11.3 Å². The summed E-state index contributed by atoms with van der Waals surface area (Å²) in [4.78, 5) is 0. The molecule has 2 aromatic rings. The zero-order valence-electron chi connectivity index (χ0n) is 13.5. The van der Waals surface area contributed by atoms with E-state index in [0.717, 1.165) is 49.7 Å². The minimum absolute atomic E-state index is 0. The first-order chi connectivity index (χ1) is 10.8. The highest BCUT2D eigenvalue weighted by atomic mass is 35.5. The van der Waals surface area contributed by atoms with Gasteiger partial charge in [0.2, 0.25) is 0 Å². The van der Waals surface area contributed by atoms with E-state index in [2.05, 4.69) is 12.2 Å². The van der Waals surface area contributed by atoms with Crippen molar-refractivity contribution in [2.45, 2.75) is 32.7 Å². The molecular weight excluding hydrogens is 317 g/mol. The van der Waals surface area contributed by atoms with Gasteiger partial charge in [0.05, 0.1) is 6.54 Å². The molecule has 0 amide bonds. The Morgan fingerprint density at radius 1 is 1.04 bits per heavy atom. The number of halogens is 2. The van der Waals surface area contributed by atoms with Gasteiger partial charge in [0.15, 0.2) is 0 Å². The van der Waals surface area contributed by atoms with Crippen molar-refractivity contribution < 1.29 is 13.5 Å². The second-order valence-corrected chi connectivity index (χ2v) is 5.27. The highest BCUT2D eigenvalue weighted by Crippen LogP contribution is 2.22. The SMILES string of the molecule is CCCCOCCCNCc1ccc(-c2ccc(F)cc2)o1.Cl. The van der Waals surface area contributed by atoms with E-state index < -0.39 is 0 Å². The second kappa shape index (κ2) is 11.2. The molecule has 0 aliphatic rings. The van der Waals surface area contributed by atoms with Gasteiger partial charge in [-0.3, -0.25) is 0 Å². The molecule has 5 heteroatoms. The van der Waals surface area contributed by atoms with Gasteiger partial charge in [-0.15, -0.1) is 12.4 Å². The summed E-state index contributed by atoms with van der Waals surface area (Å²) in [5.74, 6) is 1.41. The minimum Gasteiger partial charge on any atom is -0.460 e. The number of rotatable bonds is 10. The van der Waals surface area contributed by atoms with E-state index in [0.29, 0.717) is 6.54 Å². The average molecular weight is 342 g/mol. The molecule has 0 aliphatic heterocycles. The first-order valence-electron chi connectivity index (χ1n) is 7.92. The van der Waals surface area contributed by atoms with Gasteiger partial charge >= 0.3 is 0 Å². The molecule has 1 heterocycles. The maximum Gasteiger partial charge on any atom is 0.134 e. The largest absolute Gasteiger partial charge is 0.460 e. The Labute approximate surface area is 143 Å². The Morgan fingerprint density at radius 2 is 1.78 bits per heavy atom. The molecule has 1 N–H and O–H groups in total. The zero-order chi connectivity index (χ0) is 15.6. The monoisotopic (exact) mass is 341 g/mol. The molecule has 0 spiro atoms. The second-order valence-electron chi connectivity index (χ2n) is 5.27. The summed E-state index contributed by atoms with van der Waals surface area (Å²) < 4.78 is 24.2. The van der Waals surface area contributed by atoms with Gasteiger partial charge in [-0.2, -0.15) is 0 Å². The topological polar surface area (TPSA) is 34.4 Å². The van der Waals surface area contributed by atoms with Crippen LogP contribution in [-0.4, -0.2) is 19.8 Å². The highest BCUT2D eigenvalue weighted by molar-refractivity contribution is 5.85. The molecule has 0 aliphatic carbocycles. The van der Waals surface area contributed by atoms with E-state index >= 15 is 0 Å². The van der Waals surface area contributed by atoms with Crippen LogP contribution >= 0.6 is 12.4 Å². The Morgan fingerprint density at radius 3 is 2.52 bits per heavy atom. The Bertz CT molecular complexity index is 542. The maximum absolute atomic E-state index is 12.9. The lowest BCUT2D eigenvalue weighted by molar-refractivity contribution is 0.128. The lowest BCUT2D eigenvalue weighted by atomic mass is 10.2. The average Bonchev–Trinajstić information content (AvgIpc) is 2.99. The first kappa shape index (κ1) is 19.7. The predicted octanol–water partition coefficient (Wildman–Crippen LogP) is 4.80. The fraction of sp³-hybridized carbons (Fsp3) is 0.444.